The minimum Gasteiger partial charge on any atom is -0.469 e. The summed E-state index contributed by atoms with van der Waals surface area (Å²) in [5.74, 6) is -0.238. The minimum atomic E-state index is -0.238. The molecular formula is C11H13Cl2NO2. The average molecular weight is 262 g/mol. The molecule has 0 amide bonds. The van der Waals surface area contributed by atoms with Gasteiger partial charge >= 0.3 is 5.97 Å². The normalized spacial score (nSPS) is 10.2. The van der Waals surface area contributed by atoms with E-state index in [1.54, 1.807) is 18.2 Å². The zero-order valence-electron chi connectivity index (χ0n) is 8.93. The molecule has 0 aliphatic carbocycles. The molecule has 0 heterocycles. The predicted octanol–water partition coefficient (Wildman–Crippen LogP) is 2.65. The maximum atomic E-state index is 10.8. The summed E-state index contributed by atoms with van der Waals surface area (Å²) in [4.78, 5) is 10.8. The molecule has 0 aliphatic rings. The van der Waals surface area contributed by atoms with Crippen molar-refractivity contribution in [3.8, 4) is 0 Å². The van der Waals surface area contributed by atoms with Crippen LogP contribution >= 0.6 is 23.2 Å². The van der Waals surface area contributed by atoms with Crippen molar-refractivity contribution in [2.24, 2.45) is 0 Å². The molecule has 1 aromatic carbocycles. The fourth-order valence-corrected chi connectivity index (χ4v) is 1.74. The van der Waals surface area contributed by atoms with Crippen LogP contribution < -0.4 is 5.32 Å². The van der Waals surface area contributed by atoms with E-state index < -0.39 is 0 Å². The van der Waals surface area contributed by atoms with E-state index in [0.717, 1.165) is 5.56 Å². The van der Waals surface area contributed by atoms with Gasteiger partial charge in [0.2, 0.25) is 0 Å². The lowest BCUT2D eigenvalue weighted by molar-refractivity contribution is -0.140. The van der Waals surface area contributed by atoms with Crippen molar-refractivity contribution in [1.29, 1.82) is 0 Å². The zero-order chi connectivity index (χ0) is 12.0. The Kier molecular flexibility index (Phi) is 5.60. The highest BCUT2D eigenvalue weighted by Crippen LogP contribution is 2.23. The van der Waals surface area contributed by atoms with Gasteiger partial charge in [0, 0.05) is 28.7 Å². The first kappa shape index (κ1) is 13.3. The second-order valence-corrected chi connectivity index (χ2v) is 4.02. The molecule has 0 saturated heterocycles. The average Bonchev–Trinajstić information content (AvgIpc) is 2.27. The Bertz CT molecular complexity index is 349. The highest BCUT2D eigenvalue weighted by molar-refractivity contribution is 6.35. The standard InChI is InChI=1S/C11H13Cl2NO2/c1-16-11(15)5-6-14-7-8-9(12)3-2-4-10(8)13/h2-4,14H,5-7H2,1H3. The first-order chi connectivity index (χ1) is 7.65. The summed E-state index contributed by atoms with van der Waals surface area (Å²) in [6.07, 6.45) is 0.332. The summed E-state index contributed by atoms with van der Waals surface area (Å²) in [7, 11) is 1.37. The SMILES string of the molecule is COC(=O)CCNCc1c(Cl)cccc1Cl. The van der Waals surface area contributed by atoms with Gasteiger partial charge in [-0.25, -0.2) is 0 Å². The van der Waals surface area contributed by atoms with Gasteiger partial charge in [-0.05, 0) is 12.1 Å². The number of esters is 1. The van der Waals surface area contributed by atoms with Crippen LogP contribution in [-0.4, -0.2) is 19.6 Å². The van der Waals surface area contributed by atoms with Crippen LogP contribution in [0.1, 0.15) is 12.0 Å². The molecule has 3 nitrogen and oxygen atoms in total. The van der Waals surface area contributed by atoms with Crippen LogP contribution in [0.25, 0.3) is 0 Å². The van der Waals surface area contributed by atoms with Gasteiger partial charge in [-0.2, -0.15) is 0 Å². The zero-order valence-corrected chi connectivity index (χ0v) is 10.4. The monoisotopic (exact) mass is 261 g/mol. The summed E-state index contributed by atoms with van der Waals surface area (Å²) < 4.78 is 4.52. The Balaban J connectivity index is 2.40. The number of rotatable bonds is 5. The number of ether oxygens (including phenoxy) is 1. The molecular weight excluding hydrogens is 249 g/mol. The van der Waals surface area contributed by atoms with E-state index in [1.807, 2.05) is 0 Å². The molecule has 0 aromatic heterocycles. The largest absolute Gasteiger partial charge is 0.469 e. The summed E-state index contributed by atoms with van der Waals surface area (Å²) in [5.41, 5.74) is 0.843. The van der Waals surface area contributed by atoms with Gasteiger partial charge in [0.05, 0.1) is 13.5 Å². The molecule has 0 aliphatic heterocycles. The number of benzene rings is 1. The highest BCUT2D eigenvalue weighted by Gasteiger charge is 2.05. The van der Waals surface area contributed by atoms with Crippen molar-refractivity contribution in [3.63, 3.8) is 0 Å². The number of nitrogens with one attached hydrogen (secondary N) is 1. The Morgan fingerprint density at radius 1 is 1.38 bits per heavy atom. The molecule has 1 rings (SSSR count). The van der Waals surface area contributed by atoms with Crippen LogP contribution in [0.4, 0.5) is 0 Å². The lowest BCUT2D eigenvalue weighted by Gasteiger charge is -2.07. The van der Waals surface area contributed by atoms with E-state index in [2.05, 4.69) is 10.1 Å². The highest BCUT2D eigenvalue weighted by atomic mass is 35.5. The lowest BCUT2D eigenvalue weighted by Crippen LogP contribution is -2.18. The van der Waals surface area contributed by atoms with Crippen LogP contribution in [0.3, 0.4) is 0 Å². The van der Waals surface area contributed by atoms with E-state index in [-0.39, 0.29) is 5.97 Å². The molecule has 1 N–H and O–H groups in total. The van der Waals surface area contributed by atoms with E-state index in [9.17, 15) is 4.79 Å². The molecule has 16 heavy (non-hydrogen) atoms. The van der Waals surface area contributed by atoms with E-state index in [4.69, 9.17) is 23.2 Å². The molecule has 1 aromatic rings. The Morgan fingerprint density at radius 3 is 2.56 bits per heavy atom. The number of methoxy groups -OCH3 is 1. The van der Waals surface area contributed by atoms with Gasteiger partial charge in [-0.1, -0.05) is 29.3 Å². The van der Waals surface area contributed by atoms with Crippen molar-refractivity contribution < 1.29 is 9.53 Å². The number of carbonyl (C=O) groups is 1. The molecule has 0 saturated carbocycles. The van der Waals surface area contributed by atoms with E-state index in [1.165, 1.54) is 7.11 Å². The summed E-state index contributed by atoms with van der Waals surface area (Å²) in [6.45, 7) is 1.07. The fraction of sp³-hybridized carbons (Fsp3) is 0.364. The second-order valence-electron chi connectivity index (χ2n) is 3.20. The van der Waals surface area contributed by atoms with E-state index in [0.29, 0.717) is 29.6 Å². The first-order valence-electron chi connectivity index (χ1n) is 4.85. The van der Waals surface area contributed by atoms with E-state index >= 15 is 0 Å². The maximum Gasteiger partial charge on any atom is 0.306 e. The van der Waals surface area contributed by atoms with Crippen molar-refractivity contribution in [2.75, 3.05) is 13.7 Å². The van der Waals surface area contributed by atoms with Gasteiger partial charge in [0.15, 0.2) is 0 Å². The Hall–Kier alpha value is -0.770. The third kappa shape index (κ3) is 4.00. The molecule has 0 spiro atoms. The number of hydrogen-bond acceptors (Lipinski definition) is 3. The predicted molar refractivity (Wildman–Crippen MR) is 64.8 cm³/mol. The van der Waals surface area contributed by atoms with Crippen LogP contribution in [0.5, 0.6) is 0 Å². The lowest BCUT2D eigenvalue weighted by atomic mass is 10.2. The number of halogens is 2. The van der Waals surface area contributed by atoms with Gasteiger partial charge in [0.25, 0.3) is 0 Å². The van der Waals surface area contributed by atoms with Crippen LogP contribution in [0.15, 0.2) is 18.2 Å². The molecule has 0 radical (unpaired) electrons. The topological polar surface area (TPSA) is 38.3 Å². The molecule has 0 fully saturated rings. The van der Waals surface area contributed by atoms with Crippen molar-refractivity contribution >= 4 is 29.2 Å². The molecule has 88 valence electrons. The molecule has 0 atom stereocenters. The fourth-order valence-electron chi connectivity index (χ4n) is 1.21. The van der Waals surface area contributed by atoms with Crippen molar-refractivity contribution in [1.82, 2.24) is 5.32 Å². The summed E-state index contributed by atoms with van der Waals surface area (Å²) in [5, 5.41) is 4.33. The quantitative estimate of drug-likeness (QED) is 0.654. The second kappa shape index (κ2) is 6.74. The van der Waals surface area contributed by atoms with Gasteiger partial charge in [-0.15, -0.1) is 0 Å². The molecule has 0 unspecified atom stereocenters. The third-order valence-corrected chi connectivity index (χ3v) is 2.81. The van der Waals surface area contributed by atoms with Gasteiger partial charge in [-0.3, -0.25) is 4.79 Å². The summed E-state index contributed by atoms with van der Waals surface area (Å²) in [6, 6.07) is 5.36. The van der Waals surface area contributed by atoms with Gasteiger partial charge < -0.3 is 10.1 Å². The molecule has 5 heteroatoms. The number of carbonyl (C=O) groups excluding carboxylic acids is 1. The third-order valence-electron chi connectivity index (χ3n) is 2.10. The van der Waals surface area contributed by atoms with Crippen LogP contribution in [-0.2, 0) is 16.1 Å². The molecule has 0 bridgehead atoms. The first-order valence-corrected chi connectivity index (χ1v) is 5.61. The van der Waals surface area contributed by atoms with Crippen molar-refractivity contribution in [3.05, 3.63) is 33.8 Å². The Morgan fingerprint density at radius 2 is 2.00 bits per heavy atom. The smallest absolute Gasteiger partial charge is 0.306 e. The van der Waals surface area contributed by atoms with Crippen molar-refractivity contribution in [2.45, 2.75) is 13.0 Å². The summed E-state index contributed by atoms with van der Waals surface area (Å²) >= 11 is 12.0. The van der Waals surface area contributed by atoms with Crippen LogP contribution in [0.2, 0.25) is 10.0 Å². The van der Waals surface area contributed by atoms with Crippen LogP contribution in [0, 0.1) is 0 Å². The van der Waals surface area contributed by atoms with Gasteiger partial charge in [0.1, 0.15) is 0 Å². The number of hydrogen-bond donors (Lipinski definition) is 1. The maximum absolute atomic E-state index is 10.8. The minimum absolute atomic E-state index is 0.238. The Labute approximate surface area is 105 Å².